The Hall–Kier alpha value is -2.04. The largest absolute Gasteiger partial charge is 0.507 e. The molecule has 0 saturated carbocycles. The Kier molecular flexibility index (Phi) is 3.70. The Morgan fingerprint density at radius 3 is 2.65 bits per heavy atom. The van der Waals surface area contributed by atoms with Gasteiger partial charge in [0.1, 0.15) is 5.75 Å². The van der Waals surface area contributed by atoms with E-state index in [2.05, 4.69) is 0 Å². The Balaban J connectivity index is 2.24. The maximum absolute atomic E-state index is 12.4. The van der Waals surface area contributed by atoms with E-state index in [4.69, 9.17) is 0 Å². The molecule has 2 N–H and O–H groups in total. The summed E-state index contributed by atoms with van der Waals surface area (Å²) in [6.45, 7) is 4.28. The van der Waals surface area contributed by atoms with E-state index in [9.17, 15) is 19.8 Å². The van der Waals surface area contributed by atoms with Gasteiger partial charge in [0, 0.05) is 13.1 Å². The molecule has 20 heavy (non-hydrogen) atoms. The Labute approximate surface area is 117 Å². The Morgan fingerprint density at radius 1 is 1.40 bits per heavy atom. The zero-order chi connectivity index (χ0) is 14.9. The summed E-state index contributed by atoms with van der Waals surface area (Å²) in [5.74, 6) is -1.23. The van der Waals surface area contributed by atoms with E-state index in [1.807, 2.05) is 13.8 Å². The van der Waals surface area contributed by atoms with Crippen LogP contribution in [0.25, 0.3) is 0 Å². The molecule has 2 rings (SSSR count). The third-order valence-corrected chi connectivity index (χ3v) is 4.15. The van der Waals surface area contributed by atoms with Crippen molar-refractivity contribution in [3.05, 3.63) is 29.3 Å². The minimum Gasteiger partial charge on any atom is -0.507 e. The second-order valence-electron chi connectivity index (χ2n) is 5.44. The maximum atomic E-state index is 12.4. The minimum atomic E-state index is -0.858. The summed E-state index contributed by atoms with van der Waals surface area (Å²) in [6.07, 6.45) is 0.947. The van der Waals surface area contributed by atoms with Gasteiger partial charge in [-0.05, 0) is 31.9 Å². The molecule has 5 nitrogen and oxygen atoms in total. The van der Waals surface area contributed by atoms with Crippen LogP contribution >= 0.6 is 0 Å². The second kappa shape index (κ2) is 5.15. The van der Waals surface area contributed by atoms with Crippen LogP contribution in [-0.4, -0.2) is 40.1 Å². The number of nitrogens with zero attached hydrogens (tertiary/aromatic N) is 1. The van der Waals surface area contributed by atoms with Crippen molar-refractivity contribution < 1.29 is 19.8 Å². The number of carboxylic acids is 1. The number of amides is 1. The highest BCUT2D eigenvalue weighted by atomic mass is 16.4. The van der Waals surface area contributed by atoms with E-state index < -0.39 is 11.4 Å². The molecule has 1 aromatic rings. The van der Waals surface area contributed by atoms with Crippen LogP contribution in [0.3, 0.4) is 0 Å². The number of aromatic hydroxyl groups is 1. The number of carbonyl (C=O) groups is 2. The minimum absolute atomic E-state index is 0.0649. The van der Waals surface area contributed by atoms with Crippen molar-refractivity contribution >= 4 is 11.9 Å². The van der Waals surface area contributed by atoms with Gasteiger partial charge in [-0.2, -0.15) is 0 Å². The van der Waals surface area contributed by atoms with Crippen molar-refractivity contribution in [1.82, 2.24) is 4.90 Å². The van der Waals surface area contributed by atoms with Crippen molar-refractivity contribution in [2.45, 2.75) is 26.7 Å². The Morgan fingerprint density at radius 2 is 2.10 bits per heavy atom. The molecule has 0 aromatic heterocycles. The summed E-state index contributed by atoms with van der Waals surface area (Å²) in [7, 11) is 0. The fourth-order valence-electron chi connectivity index (χ4n) is 2.65. The van der Waals surface area contributed by atoms with E-state index >= 15 is 0 Å². The van der Waals surface area contributed by atoms with Crippen LogP contribution < -0.4 is 0 Å². The fraction of sp³-hybridized carbons (Fsp3) is 0.467. The molecule has 1 aliphatic rings. The van der Waals surface area contributed by atoms with Crippen LogP contribution in [0.15, 0.2) is 18.2 Å². The highest BCUT2D eigenvalue weighted by Gasteiger charge is 2.45. The predicted octanol–water partition coefficient (Wildman–Crippen LogP) is 2.03. The van der Waals surface area contributed by atoms with E-state index in [1.165, 1.54) is 11.0 Å². The molecule has 1 unspecified atom stereocenters. The second-order valence-corrected chi connectivity index (χ2v) is 5.44. The summed E-state index contributed by atoms with van der Waals surface area (Å²) in [5.41, 5.74) is 0.266. The number of hydrogen-bond acceptors (Lipinski definition) is 3. The van der Waals surface area contributed by atoms with Crippen molar-refractivity contribution in [3.8, 4) is 5.75 Å². The molecule has 108 valence electrons. The van der Waals surface area contributed by atoms with Crippen molar-refractivity contribution in [2.75, 3.05) is 13.1 Å². The van der Waals surface area contributed by atoms with Crippen LogP contribution in [0, 0.1) is 12.3 Å². The first-order chi connectivity index (χ1) is 9.39. The zero-order valence-electron chi connectivity index (χ0n) is 11.7. The van der Waals surface area contributed by atoms with Crippen LogP contribution in [-0.2, 0) is 4.79 Å². The average molecular weight is 277 g/mol. The van der Waals surface area contributed by atoms with Crippen molar-refractivity contribution in [3.63, 3.8) is 0 Å². The molecule has 1 atom stereocenters. The van der Waals surface area contributed by atoms with Crippen LogP contribution in [0.2, 0.25) is 0 Å². The highest BCUT2D eigenvalue weighted by Crippen LogP contribution is 2.35. The molecule has 5 heteroatoms. The quantitative estimate of drug-likeness (QED) is 0.886. The van der Waals surface area contributed by atoms with Gasteiger partial charge in [-0.3, -0.25) is 9.59 Å². The van der Waals surface area contributed by atoms with E-state index in [-0.39, 0.29) is 23.8 Å². The normalized spacial score (nSPS) is 22.0. The average Bonchev–Trinajstić information content (AvgIpc) is 2.86. The Bertz CT molecular complexity index is 555. The number of hydrogen-bond donors (Lipinski definition) is 2. The summed E-state index contributed by atoms with van der Waals surface area (Å²) in [4.78, 5) is 25.3. The standard InChI is InChI=1S/C15H19NO4/c1-3-15(14(19)20)6-7-16(9-15)13(18)11-8-10(2)4-5-12(11)17/h4-5,8,17H,3,6-7,9H2,1-2H3,(H,19,20). The number of phenolic OH excluding ortho intramolecular Hbond substituents is 1. The molecule has 0 radical (unpaired) electrons. The van der Waals surface area contributed by atoms with Crippen LogP contribution in [0.4, 0.5) is 0 Å². The third-order valence-electron chi connectivity index (χ3n) is 4.15. The molecule has 1 amide bonds. The van der Waals surface area contributed by atoms with Gasteiger partial charge in [-0.1, -0.05) is 18.6 Å². The third kappa shape index (κ3) is 2.35. The first-order valence-corrected chi connectivity index (χ1v) is 6.72. The molecular formula is C15H19NO4. The van der Waals surface area contributed by atoms with Crippen molar-refractivity contribution in [2.24, 2.45) is 5.41 Å². The molecule has 0 bridgehead atoms. The zero-order valence-corrected chi connectivity index (χ0v) is 11.7. The van der Waals surface area contributed by atoms with Gasteiger partial charge in [0.25, 0.3) is 5.91 Å². The molecular weight excluding hydrogens is 258 g/mol. The number of aliphatic carboxylic acids is 1. The number of aryl methyl sites for hydroxylation is 1. The number of benzene rings is 1. The number of rotatable bonds is 3. The molecule has 0 aliphatic carbocycles. The lowest BCUT2D eigenvalue weighted by Crippen LogP contribution is -2.36. The fourth-order valence-corrected chi connectivity index (χ4v) is 2.65. The number of phenols is 1. The topological polar surface area (TPSA) is 77.8 Å². The van der Waals surface area contributed by atoms with Gasteiger partial charge >= 0.3 is 5.97 Å². The van der Waals surface area contributed by atoms with Gasteiger partial charge in [0.2, 0.25) is 0 Å². The van der Waals surface area contributed by atoms with E-state index in [1.54, 1.807) is 12.1 Å². The lowest BCUT2D eigenvalue weighted by Gasteiger charge is -2.23. The molecule has 1 aromatic carbocycles. The van der Waals surface area contributed by atoms with E-state index in [0.29, 0.717) is 19.4 Å². The summed E-state index contributed by atoms with van der Waals surface area (Å²) in [5, 5.41) is 19.1. The van der Waals surface area contributed by atoms with E-state index in [0.717, 1.165) is 5.56 Å². The maximum Gasteiger partial charge on any atom is 0.311 e. The van der Waals surface area contributed by atoms with Gasteiger partial charge in [0.05, 0.1) is 11.0 Å². The summed E-state index contributed by atoms with van der Waals surface area (Å²) < 4.78 is 0. The smallest absolute Gasteiger partial charge is 0.311 e. The van der Waals surface area contributed by atoms with Crippen LogP contribution in [0.1, 0.15) is 35.7 Å². The lowest BCUT2D eigenvalue weighted by molar-refractivity contribution is -0.148. The number of carbonyl (C=O) groups excluding carboxylic acids is 1. The highest BCUT2D eigenvalue weighted by molar-refractivity contribution is 5.97. The van der Waals surface area contributed by atoms with Gasteiger partial charge in [-0.15, -0.1) is 0 Å². The lowest BCUT2D eigenvalue weighted by atomic mass is 9.84. The van der Waals surface area contributed by atoms with Crippen LogP contribution in [0.5, 0.6) is 5.75 Å². The molecule has 1 heterocycles. The van der Waals surface area contributed by atoms with Crippen molar-refractivity contribution in [1.29, 1.82) is 0 Å². The van der Waals surface area contributed by atoms with Gasteiger partial charge in [-0.25, -0.2) is 0 Å². The van der Waals surface area contributed by atoms with Gasteiger partial charge in [0.15, 0.2) is 0 Å². The predicted molar refractivity (Wildman–Crippen MR) is 73.7 cm³/mol. The molecule has 1 fully saturated rings. The molecule has 1 saturated heterocycles. The summed E-state index contributed by atoms with van der Waals surface area (Å²) >= 11 is 0. The number of carboxylic acid groups (broad SMARTS) is 1. The summed E-state index contributed by atoms with van der Waals surface area (Å²) in [6, 6.07) is 4.84. The number of likely N-dealkylation sites (tertiary alicyclic amines) is 1. The first kappa shape index (κ1) is 14.4. The first-order valence-electron chi connectivity index (χ1n) is 6.72. The van der Waals surface area contributed by atoms with Gasteiger partial charge < -0.3 is 15.1 Å². The monoisotopic (exact) mass is 277 g/mol. The SMILES string of the molecule is CCC1(C(=O)O)CCN(C(=O)c2cc(C)ccc2O)C1. The molecule has 1 aliphatic heterocycles. The molecule has 0 spiro atoms.